The van der Waals surface area contributed by atoms with Crippen LogP contribution in [0.15, 0.2) is 66.4 Å². The van der Waals surface area contributed by atoms with Gasteiger partial charge < -0.3 is 15.2 Å². The average Bonchev–Trinajstić information content (AvgIpc) is 3.47. The van der Waals surface area contributed by atoms with Crippen molar-refractivity contribution in [1.29, 1.82) is 0 Å². The van der Waals surface area contributed by atoms with E-state index < -0.39 is 33.8 Å². The van der Waals surface area contributed by atoms with Gasteiger partial charge in [0.05, 0.1) is 23.2 Å². The van der Waals surface area contributed by atoms with E-state index in [0.717, 1.165) is 6.26 Å². The molecule has 0 saturated heterocycles. The molecule has 5 rings (SSSR count). The van der Waals surface area contributed by atoms with Crippen molar-refractivity contribution in [3.8, 4) is 22.9 Å². The molecule has 0 spiro atoms. The second-order valence-corrected chi connectivity index (χ2v) is 11.8. The van der Waals surface area contributed by atoms with Gasteiger partial charge in [-0.15, -0.1) is 0 Å². The highest BCUT2D eigenvalue weighted by Gasteiger charge is 2.26. The molecule has 41 heavy (non-hydrogen) atoms. The monoisotopic (exact) mass is 583 g/mol. The van der Waals surface area contributed by atoms with E-state index in [2.05, 4.69) is 9.84 Å². The lowest BCUT2D eigenvalue weighted by molar-refractivity contribution is -0.0503. The smallest absolute Gasteiger partial charge is 0.387 e. The fourth-order valence-electron chi connectivity index (χ4n) is 4.65. The highest BCUT2D eigenvalue weighted by Crippen LogP contribution is 2.35. The molecule has 1 aliphatic carbocycles. The topological polar surface area (TPSA) is 114 Å². The summed E-state index contributed by atoms with van der Waals surface area (Å²) >= 11 is 0. The van der Waals surface area contributed by atoms with Gasteiger partial charge in [0.2, 0.25) is 0 Å². The Hall–Kier alpha value is -4.58. The van der Waals surface area contributed by atoms with Gasteiger partial charge in [-0.25, -0.2) is 17.5 Å². The fraction of sp³-hybridized carbons (Fsp3) is 0.172. The second-order valence-electron chi connectivity index (χ2n) is 9.62. The van der Waals surface area contributed by atoms with E-state index in [1.54, 1.807) is 37.3 Å². The number of carbonyl (C=O) groups is 1. The third-order valence-electron chi connectivity index (χ3n) is 6.47. The Balaban J connectivity index is 1.40. The minimum absolute atomic E-state index is 0.0771. The van der Waals surface area contributed by atoms with E-state index in [9.17, 15) is 26.4 Å². The molecule has 0 aliphatic heterocycles. The lowest BCUT2D eigenvalue weighted by atomic mass is 10.0. The SMILES string of the molecule is Cc1cc(Oc2ccccc2F)ccc1-n1ncc(C(=O)C2=Cc3cc(OC(F)F)c(CS(C)(=O)=O)cc3C2)c1N. The van der Waals surface area contributed by atoms with E-state index in [-0.39, 0.29) is 34.9 Å². The number of sulfone groups is 1. The average molecular weight is 584 g/mol. The zero-order chi connectivity index (χ0) is 29.5. The Morgan fingerprint density at radius 1 is 1.12 bits per heavy atom. The third-order valence-corrected chi connectivity index (χ3v) is 7.31. The van der Waals surface area contributed by atoms with Crippen LogP contribution in [0.5, 0.6) is 17.2 Å². The first-order chi connectivity index (χ1) is 19.4. The Morgan fingerprint density at radius 2 is 1.88 bits per heavy atom. The van der Waals surface area contributed by atoms with Crippen molar-refractivity contribution in [2.45, 2.75) is 25.7 Å². The quantitative estimate of drug-likeness (QED) is 0.253. The fourth-order valence-corrected chi connectivity index (χ4v) is 5.44. The number of nitrogens with two attached hydrogens (primary N) is 1. The molecule has 0 bridgehead atoms. The Kier molecular flexibility index (Phi) is 7.35. The number of aromatic nitrogens is 2. The number of aryl methyl sites for hydroxylation is 1. The second kappa shape index (κ2) is 10.8. The van der Waals surface area contributed by atoms with E-state index in [1.807, 2.05) is 0 Å². The number of Topliss-reactive ketones (excluding diaryl/α,β-unsaturated/α-hetero) is 1. The zero-order valence-corrected chi connectivity index (χ0v) is 22.7. The maximum atomic E-state index is 14.0. The summed E-state index contributed by atoms with van der Waals surface area (Å²) < 4.78 is 75.2. The van der Waals surface area contributed by atoms with E-state index in [0.29, 0.717) is 33.7 Å². The van der Waals surface area contributed by atoms with Gasteiger partial charge in [-0.2, -0.15) is 13.9 Å². The van der Waals surface area contributed by atoms with Gasteiger partial charge in [0.1, 0.15) is 17.3 Å². The van der Waals surface area contributed by atoms with E-state index in [1.165, 1.54) is 41.2 Å². The number of rotatable bonds is 9. The number of alkyl halides is 2. The number of ketones is 1. The number of halogens is 3. The number of para-hydroxylation sites is 1. The molecule has 0 fully saturated rings. The molecular formula is C29H24F3N3O5S. The minimum atomic E-state index is -3.54. The summed E-state index contributed by atoms with van der Waals surface area (Å²) in [6.45, 7) is -1.36. The van der Waals surface area contributed by atoms with Crippen molar-refractivity contribution in [2.75, 3.05) is 12.0 Å². The number of anilines is 1. The number of carbonyl (C=O) groups excluding carboxylic acids is 1. The van der Waals surface area contributed by atoms with Gasteiger partial charge in [0.15, 0.2) is 27.2 Å². The van der Waals surface area contributed by atoms with Crippen molar-refractivity contribution < 1.29 is 35.9 Å². The Labute approximate surface area is 233 Å². The van der Waals surface area contributed by atoms with Gasteiger partial charge in [-0.3, -0.25) is 4.79 Å². The van der Waals surface area contributed by atoms with Crippen LogP contribution in [-0.2, 0) is 22.0 Å². The summed E-state index contributed by atoms with van der Waals surface area (Å²) in [5.41, 5.74) is 9.22. The van der Waals surface area contributed by atoms with Crippen LogP contribution in [0, 0.1) is 12.7 Å². The molecule has 0 saturated carbocycles. The van der Waals surface area contributed by atoms with Gasteiger partial charge in [-0.05, 0) is 66.1 Å². The molecule has 1 heterocycles. The molecule has 1 aliphatic rings. The summed E-state index contributed by atoms with van der Waals surface area (Å²) in [7, 11) is -3.54. The number of benzene rings is 3. The summed E-state index contributed by atoms with van der Waals surface area (Å²) in [6.07, 6.45) is 4.01. The lowest BCUT2D eigenvalue weighted by Crippen LogP contribution is -2.09. The van der Waals surface area contributed by atoms with Gasteiger partial charge in [0, 0.05) is 23.8 Å². The van der Waals surface area contributed by atoms with Crippen LogP contribution in [0.2, 0.25) is 0 Å². The molecule has 0 atom stereocenters. The van der Waals surface area contributed by atoms with E-state index in [4.69, 9.17) is 10.5 Å². The van der Waals surface area contributed by atoms with Crippen LogP contribution in [0.4, 0.5) is 19.0 Å². The molecule has 3 aromatic carbocycles. The number of hydrogen-bond acceptors (Lipinski definition) is 7. The number of allylic oxidation sites excluding steroid dienone is 1. The molecular weight excluding hydrogens is 559 g/mol. The molecule has 8 nitrogen and oxygen atoms in total. The maximum absolute atomic E-state index is 14.0. The minimum Gasteiger partial charge on any atom is -0.454 e. The first-order valence-electron chi connectivity index (χ1n) is 12.3. The van der Waals surface area contributed by atoms with Crippen LogP contribution in [-0.4, -0.2) is 36.8 Å². The Morgan fingerprint density at radius 3 is 2.56 bits per heavy atom. The zero-order valence-electron chi connectivity index (χ0n) is 21.9. The highest BCUT2D eigenvalue weighted by molar-refractivity contribution is 7.89. The van der Waals surface area contributed by atoms with Crippen LogP contribution >= 0.6 is 0 Å². The van der Waals surface area contributed by atoms with Gasteiger partial charge in [-0.1, -0.05) is 18.2 Å². The Bertz CT molecular complexity index is 1820. The molecule has 12 heteroatoms. The van der Waals surface area contributed by atoms with Gasteiger partial charge >= 0.3 is 6.61 Å². The number of ether oxygens (including phenoxy) is 2. The molecule has 1 aromatic heterocycles. The number of nitrogen functional groups attached to an aromatic ring is 1. The van der Waals surface area contributed by atoms with E-state index >= 15 is 0 Å². The normalized spacial score (nSPS) is 12.8. The first kappa shape index (κ1) is 28.0. The first-order valence-corrected chi connectivity index (χ1v) is 14.4. The molecule has 212 valence electrons. The van der Waals surface area contributed by atoms with Crippen molar-refractivity contribution in [3.63, 3.8) is 0 Å². The molecule has 0 radical (unpaired) electrons. The van der Waals surface area contributed by atoms with Crippen LogP contribution < -0.4 is 15.2 Å². The lowest BCUT2D eigenvalue weighted by Gasteiger charge is -2.12. The standard InChI is InChI=1S/C29H24F3N3O5S/c1-16-9-21(39-25-6-4-3-5-23(25)30)7-8-24(16)35-28(33)22(14-34-35)27(36)19-10-17-12-20(15-41(2,37)38)26(40-29(31)32)13-18(17)11-19/h3-9,11-14,29H,10,15,33H2,1-2H3. The van der Waals surface area contributed by atoms with Crippen molar-refractivity contribution in [2.24, 2.45) is 0 Å². The van der Waals surface area contributed by atoms with Crippen LogP contribution in [0.25, 0.3) is 11.8 Å². The van der Waals surface area contributed by atoms with Gasteiger partial charge in [0.25, 0.3) is 0 Å². The number of nitrogens with zero attached hydrogens (tertiary/aromatic N) is 2. The van der Waals surface area contributed by atoms with Crippen LogP contribution in [0.1, 0.15) is 32.6 Å². The maximum Gasteiger partial charge on any atom is 0.387 e. The number of hydrogen-bond donors (Lipinski definition) is 1. The largest absolute Gasteiger partial charge is 0.454 e. The summed E-state index contributed by atoms with van der Waals surface area (Å²) in [5.74, 6) is -1.11. The van der Waals surface area contributed by atoms with Crippen LogP contribution in [0.3, 0.4) is 0 Å². The molecule has 4 aromatic rings. The predicted octanol–water partition coefficient (Wildman–Crippen LogP) is 5.66. The van der Waals surface area contributed by atoms with Crippen molar-refractivity contribution in [3.05, 3.63) is 100 Å². The third kappa shape index (κ3) is 5.97. The van der Waals surface area contributed by atoms with Crippen molar-refractivity contribution in [1.82, 2.24) is 9.78 Å². The summed E-state index contributed by atoms with van der Waals surface area (Å²) in [5, 5.41) is 4.29. The van der Waals surface area contributed by atoms with Crippen molar-refractivity contribution >= 4 is 27.5 Å². The number of fused-ring (bicyclic) bond motifs is 1. The summed E-state index contributed by atoms with van der Waals surface area (Å²) in [6, 6.07) is 13.8. The highest BCUT2D eigenvalue weighted by atomic mass is 32.2. The molecule has 0 amide bonds. The predicted molar refractivity (Wildman–Crippen MR) is 147 cm³/mol. The summed E-state index contributed by atoms with van der Waals surface area (Å²) in [4.78, 5) is 13.4. The molecule has 2 N–H and O–H groups in total. The molecule has 0 unspecified atom stereocenters.